The van der Waals surface area contributed by atoms with Gasteiger partial charge in [0.2, 0.25) is 0 Å². The van der Waals surface area contributed by atoms with Gasteiger partial charge in [0.1, 0.15) is 11.8 Å². The maximum atomic E-state index is 12.3. The molecule has 1 unspecified atom stereocenters. The third kappa shape index (κ3) is 2.99. The average molecular weight is 375 g/mol. The van der Waals surface area contributed by atoms with Gasteiger partial charge < -0.3 is 15.1 Å². The molecule has 2 rings (SSSR count). The molecule has 0 bridgehead atoms. The minimum atomic E-state index is -0.970. The number of phenols is 1. The summed E-state index contributed by atoms with van der Waals surface area (Å²) in [5, 5.41) is 18.8. The highest BCUT2D eigenvalue weighted by Crippen LogP contribution is 2.24. The molecule has 0 radical (unpaired) electrons. The third-order valence-electron chi connectivity index (χ3n) is 3.24. The van der Waals surface area contributed by atoms with Crippen LogP contribution in [0.5, 0.6) is 5.75 Å². The van der Waals surface area contributed by atoms with Crippen LogP contribution in [-0.4, -0.2) is 39.6 Å². The summed E-state index contributed by atoms with van der Waals surface area (Å²) in [4.78, 5) is 24.9. The van der Waals surface area contributed by atoms with E-state index < -0.39 is 12.0 Å². The van der Waals surface area contributed by atoms with Crippen molar-refractivity contribution in [2.75, 3.05) is 6.54 Å². The zero-order chi connectivity index (χ0) is 14.0. The van der Waals surface area contributed by atoms with Crippen molar-refractivity contribution in [3.05, 3.63) is 27.3 Å². The number of benzene rings is 1. The van der Waals surface area contributed by atoms with Gasteiger partial charge in [0.15, 0.2) is 0 Å². The van der Waals surface area contributed by atoms with Crippen molar-refractivity contribution in [2.24, 2.45) is 0 Å². The standard InChI is InChI=1S/C13H14INO4/c14-9-5-4-8(7-11(9)16)12(17)15-6-2-1-3-10(15)13(18)19/h4-5,7,10,16H,1-3,6H2,(H,18,19). The Bertz CT molecular complexity index is 517. The van der Waals surface area contributed by atoms with Crippen molar-refractivity contribution < 1.29 is 19.8 Å². The van der Waals surface area contributed by atoms with Crippen LogP contribution in [0.1, 0.15) is 29.6 Å². The number of hydrogen-bond acceptors (Lipinski definition) is 3. The maximum Gasteiger partial charge on any atom is 0.326 e. The molecule has 1 aromatic carbocycles. The fraction of sp³-hybridized carbons (Fsp3) is 0.385. The molecule has 1 aliphatic rings. The Morgan fingerprint density at radius 1 is 1.32 bits per heavy atom. The summed E-state index contributed by atoms with van der Waals surface area (Å²) in [5.41, 5.74) is 0.325. The lowest BCUT2D eigenvalue weighted by molar-refractivity contribution is -0.143. The minimum Gasteiger partial charge on any atom is -0.507 e. The Hall–Kier alpha value is -1.31. The molecule has 1 saturated heterocycles. The molecule has 1 aromatic rings. The molecular weight excluding hydrogens is 361 g/mol. The number of halogens is 1. The first kappa shape index (κ1) is 14.1. The van der Waals surface area contributed by atoms with Gasteiger partial charge in [-0.15, -0.1) is 0 Å². The van der Waals surface area contributed by atoms with Crippen molar-refractivity contribution in [1.82, 2.24) is 4.90 Å². The van der Waals surface area contributed by atoms with Crippen LogP contribution in [0.25, 0.3) is 0 Å². The van der Waals surface area contributed by atoms with Crippen LogP contribution >= 0.6 is 22.6 Å². The molecule has 0 saturated carbocycles. The number of rotatable bonds is 2. The molecule has 1 heterocycles. The summed E-state index contributed by atoms with van der Waals surface area (Å²) in [6.07, 6.45) is 2.11. The van der Waals surface area contributed by atoms with Crippen molar-refractivity contribution in [1.29, 1.82) is 0 Å². The van der Waals surface area contributed by atoms with Crippen LogP contribution in [0, 0.1) is 3.57 Å². The molecule has 1 aliphatic heterocycles. The second kappa shape index (κ2) is 5.77. The lowest BCUT2D eigenvalue weighted by Gasteiger charge is -2.33. The Kier molecular flexibility index (Phi) is 4.28. The topological polar surface area (TPSA) is 77.8 Å². The molecule has 6 heteroatoms. The van der Waals surface area contributed by atoms with Crippen molar-refractivity contribution in [3.63, 3.8) is 0 Å². The molecule has 1 fully saturated rings. The molecular formula is C13H14INO4. The number of carbonyl (C=O) groups is 2. The van der Waals surface area contributed by atoms with Gasteiger partial charge in [-0.25, -0.2) is 4.79 Å². The number of amides is 1. The van der Waals surface area contributed by atoms with Gasteiger partial charge in [0, 0.05) is 12.1 Å². The number of aromatic hydroxyl groups is 1. The predicted octanol–water partition coefficient (Wildman–Crippen LogP) is 2.08. The highest BCUT2D eigenvalue weighted by atomic mass is 127. The van der Waals surface area contributed by atoms with E-state index in [1.807, 2.05) is 22.6 Å². The number of carboxylic acid groups (broad SMARTS) is 1. The van der Waals surface area contributed by atoms with E-state index >= 15 is 0 Å². The lowest BCUT2D eigenvalue weighted by atomic mass is 10.0. The van der Waals surface area contributed by atoms with Crippen LogP contribution in [0.15, 0.2) is 18.2 Å². The fourth-order valence-electron chi connectivity index (χ4n) is 2.24. The van der Waals surface area contributed by atoms with Gasteiger partial charge in [0.25, 0.3) is 5.91 Å². The molecule has 0 spiro atoms. The smallest absolute Gasteiger partial charge is 0.326 e. The first-order chi connectivity index (χ1) is 9.00. The van der Waals surface area contributed by atoms with Crippen molar-refractivity contribution >= 4 is 34.5 Å². The third-order valence-corrected chi connectivity index (χ3v) is 4.15. The quantitative estimate of drug-likeness (QED) is 0.776. The number of likely N-dealkylation sites (tertiary alicyclic amines) is 1. The Morgan fingerprint density at radius 2 is 2.05 bits per heavy atom. The van der Waals surface area contributed by atoms with Gasteiger partial charge in [-0.05, 0) is 60.1 Å². The van der Waals surface area contributed by atoms with Crippen LogP contribution in [0.3, 0.4) is 0 Å². The largest absolute Gasteiger partial charge is 0.507 e. The summed E-state index contributed by atoms with van der Waals surface area (Å²) in [5.74, 6) is -1.27. The maximum absolute atomic E-state index is 12.3. The van der Waals surface area contributed by atoms with E-state index in [-0.39, 0.29) is 11.7 Å². The van der Waals surface area contributed by atoms with Crippen molar-refractivity contribution in [2.45, 2.75) is 25.3 Å². The Morgan fingerprint density at radius 3 is 2.68 bits per heavy atom. The van der Waals surface area contributed by atoms with Crippen LogP contribution in [0.4, 0.5) is 0 Å². The first-order valence-electron chi connectivity index (χ1n) is 6.03. The second-order valence-corrected chi connectivity index (χ2v) is 5.68. The number of nitrogens with zero attached hydrogens (tertiary/aromatic N) is 1. The SMILES string of the molecule is O=C(O)C1CCCCN1C(=O)c1ccc(I)c(O)c1. The van der Waals surface area contributed by atoms with E-state index in [1.165, 1.54) is 11.0 Å². The van der Waals surface area contributed by atoms with Crippen LogP contribution in [0.2, 0.25) is 0 Å². The second-order valence-electron chi connectivity index (χ2n) is 4.51. The van der Waals surface area contributed by atoms with Gasteiger partial charge in [-0.2, -0.15) is 0 Å². The van der Waals surface area contributed by atoms with E-state index in [0.29, 0.717) is 22.1 Å². The monoisotopic (exact) mass is 375 g/mol. The lowest BCUT2D eigenvalue weighted by Crippen LogP contribution is -2.47. The number of piperidine rings is 1. The van der Waals surface area contributed by atoms with E-state index in [9.17, 15) is 14.7 Å². The molecule has 102 valence electrons. The zero-order valence-electron chi connectivity index (χ0n) is 10.2. The van der Waals surface area contributed by atoms with Crippen LogP contribution in [-0.2, 0) is 4.79 Å². The Labute approximate surface area is 124 Å². The summed E-state index contributed by atoms with van der Waals surface area (Å²) < 4.78 is 0.655. The minimum absolute atomic E-state index is 0.0373. The van der Waals surface area contributed by atoms with Gasteiger partial charge in [0.05, 0.1) is 3.57 Å². The molecule has 2 N–H and O–H groups in total. The molecule has 5 nitrogen and oxygen atoms in total. The normalized spacial score (nSPS) is 19.2. The van der Waals surface area contributed by atoms with E-state index in [1.54, 1.807) is 12.1 Å². The highest BCUT2D eigenvalue weighted by Gasteiger charge is 2.32. The van der Waals surface area contributed by atoms with Crippen molar-refractivity contribution in [3.8, 4) is 5.75 Å². The fourth-order valence-corrected chi connectivity index (χ4v) is 2.58. The number of carbonyl (C=O) groups excluding carboxylic acids is 1. The van der Waals surface area contributed by atoms with E-state index in [4.69, 9.17) is 5.11 Å². The van der Waals surface area contributed by atoms with E-state index in [2.05, 4.69) is 0 Å². The number of aliphatic carboxylic acids is 1. The molecule has 1 atom stereocenters. The number of carboxylic acids is 1. The number of hydrogen-bond donors (Lipinski definition) is 2. The van der Waals surface area contributed by atoms with Gasteiger partial charge >= 0.3 is 5.97 Å². The summed E-state index contributed by atoms with van der Waals surface area (Å²) in [7, 11) is 0. The highest BCUT2D eigenvalue weighted by molar-refractivity contribution is 14.1. The average Bonchev–Trinajstić information content (AvgIpc) is 2.41. The Balaban J connectivity index is 2.26. The van der Waals surface area contributed by atoms with Gasteiger partial charge in [-0.1, -0.05) is 0 Å². The van der Waals surface area contributed by atoms with Gasteiger partial charge in [-0.3, -0.25) is 4.79 Å². The number of phenolic OH excluding ortho intramolecular Hbond substituents is 1. The van der Waals surface area contributed by atoms with E-state index in [0.717, 1.165) is 12.8 Å². The first-order valence-corrected chi connectivity index (χ1v) is 7.11. The van der Waals surface area contributed by atoms with Crippen LogP contribution < -0.4 is 0 Å². The molecule has 0 aliphatic carbocycles. The summed E-state index contributed by atoms with van der Waals surface area (Å²) >= 11 is 1.96. The molecule has 19 heavy (non-hydrogen) atoms. The molecule has 1 amide bonds. The molecule has 0 aromatic heterocycles. The predicted molar refractivity (Wildman–Crippen MR) is 77.1 cm³/mol. The zero-order valence-corrected chi connectivity index (χ0v) is 12.3. The summed E-state index contributed by atoms with van der Waals surface area (Å²) in [6, 6.07) is 3.88. The summed E-state index contributed by atoms with van der Waals surface area (Å²) in [6.45, 7) is 0.447.